The summed E-state index contributed by atoms with van der Waals surface area (Å²) in [6.45, 7) is 0. The van der Waals surface area contributed by atoms with E-state index in [1.54, 1.807) is 0 Å². The molecule has 4 nitrogen and oxygen atoms in total. The van der Waals surface area contributed by atoms with E-state index >= 15 is 0 Å². The number of halogens is 1. The maximum atomic E-state index is 12.5. The van der Waals surface area contributed by atoms with Gasteiger partial charge in [0.1, 0.15) is 5.75 Å². The molecule has 0 spiro atoms. The lowest BCUT2D eigenvalue weighted by atomic mass is 10.3. The average Bonchev–Trinajstić information content (AvgIpc) is 2.04. The van der Waals surface area contributed by atoms with E-state index in [0.29, 0.717) is 0 Å². The maximum Gasteiger partial charge on any atom is 0.440 e. The van der Waals surface area contributed by atoms with E-state index in [1.807, 2.05) is 0 Å². The summed E-state index contributed by atoms with van der Waals surface area (Å²) < 4.78 is 12.5. The predicted molar refractivity (Wildman–Crippen MR) is 39.7 cm³/mol. The monoisotopic (exact) mass is 171 g/mol. The second-order valence-electron chi connectivity index (χ2n) is 2.08. The molecule has 0 saturated carbocycles. The van der Waals surface area contributed by atoms with Crippen LogP contribution in [-0.4, -0.2) is 16.3 Å². The van der Waals surface area contributed by atoms with Crippen molar-refractivity contribution < 1.29 is 19.5 Å². The first-order chi connectivity index (χ1) is 5.61. The molecule has 0 radical (unpaired) electrons. The fraction of sp³-hybridized carbons (Fsp3) is 0. The molecule has 0 aliphatic heterocycles. The first-order valence-corrected chi connectivity index (χ1v) is 3.09. The molecule has 0 aliphatic carbocycles. The molecule has 12 heavy (non-hydrogen) atoms. The molecule has 5 heteroatoms. The molecule has 0 bridgehead atoms. The third-order valence-corrected chi connectivity index (χ3v) is 1.24. The number of carbonyl (C=O) groups is 1. The van der Waals surface area contributed by atoms with Gasteiger partial charge >= 0.3 is 6.09 Å². The van der Waals surface area contributed by atoms with Crippen molar-refractivity contribution in [2.45, 2.75) is 0 Å². The number of phenols is 1. The quantitative estimate of drug-likeness (QED) is 0.633. The zero-order chi connectivity index (χ0) is 9.14. The van der Waals surface area contributed by atoms with E-state index in [1.165, 1.54) is 12.1 Å². The lowest BCUT2D eigenvalue weighted by molar-refractivity contribution is 0.186. The van der Waals surface area contributed by atoms with Gasteiger partial charge in [0.2, 0.25) is 0 Å². The molecule has 0 unspecified atom stereocenters. The molecule has 1 aromatic rings. The van der Waals surface area contributed by atoms with E-state index in [9.17, 15) is 9.28 Å². The molecular weight excluding hydrogens is 165 g/mol. The van der Waals surface area contributed by atoms with Crippen LogP contribution in [-0.2, 0) is 0 Å². The summed E-state index contributed by atoms with van der Waals surface area (Å²) >= 11 is 0. The first kappa shape index (κ1) is 8.32. The summed E-state index contributed by atoms with van der Waals surface area (Å²) in [6.07, 6.45) is -1.69. The highest BCUT2D eigenvalue weighted by atomic mass is 19.2. The van der Waals surface area contributed by atoms with E-state index in [2.05, 4.69) is 0 Å². The zero-order valence-electron chi connectivity index (χ0n) is 5.94. The Morgan fingerprint density at radius 3 is 2.25 bits per heavy atom. The highest BCUT2D eigenvalue weighted by Gasteiger charge is 2.12. The van der Waals surface area contributed by atoms with Gasteiger partial charge in [-0.15, -0.1) is 5.12 Å². The summed E-state index contributed by atoms with van der Waals surface area (Å²) in [7, 11) is 0. The van der Waals surface area contributed by atoms with Crippen molar-refractivity contribution in [2.24, 2.45) is 0 Å². The molecule has 1 aromatic carbocycles. The van der Waals surface area contributed by atoms with Crippen LogP contribution in [0.5, 0.6) is 5.75 Å². The van der Waals surface area contributed by atoms with Gasteiger partial charge in [-0.05, 0) is 24.3 Å². The topological polar surface area (TPSA) is 60.8 Å². The third-order valence-electron chi connectivity index (χ3n) is 1.24. The number of rotatable bonds is 1. The Morgan fingerprint density at radius 2 is 1.83 bits per heavy atom. The van der Waals surface area contributed by atoms with Crippen LogP contribution in [0.15, 0.2) is 24.3 Å². The Bertz CT molecular complexity index is 285. The van der Waals surface area contributed by atoms with E-state index in [-0.39, 0.29) is 11.4 Å². The number of aromatic hydroxyl groups is 1. The van der Waals surface area contributed by atoms with Crippen LogP contribution in [0.4, 0.5) is 15.0 Å². The molecular formula is C7H6FNO3. The van der Waals surface area contributed by atoms with Gasteiger partial charge in [0, 0.05) is 0 Å². The van der Waals surface area contributed by atoms with Gasteiger partial charge in [-0.3, -0.25) is 0 Å². The summed E-state index contributed by atoms with van der Waals surface area (Å²) in [4.78, 5) is 10.1. The fourth-order valence-corrected chi connectivity index (χ4v) is 0.694. The van der Waals surface area contributed by atoms with Gasteiger partial charge in [0.15, 0.2) is 0 Å². The Morgan fingerprint density at radius 1 is 1.33 bits per heavy atom. The second kappa shape index (κ2) is 3.08. The smallest absolute Gasteiger partial charge is 0.440 e. The van der Waals surface area contributed by atoms with Crippen molar-refractivity contribution in [3.63, 3.8) is 0 Å². The molecule has 1 rings (SSSR count). The van der Waals surface area contributed by atoms with Crippen LogP contribution in [0.1, 0.15) is 0 Å². The molecule has 0 saturated heterocycles. The Balaban J connectivity index is 2.89. The van der Waals surface area contributed by atoms with E-state index in [4.69, 9.17) is 10.2 Å². The molecule has 0 aliphatic rings. The van der Waals surface area contributed by atoms with Crippen molar-refractivity contribution in [3.8, 4) is 5.75 Å². The minimum atomic E-state index is -1.69. The standard InChI is InChI=1S/C7H6FNO3/c8-9(7(11)12)5-1-3-6(10)4-2-5/h1-4,10H,(H,11,12). The van der Waals surface area contributed by atoms with Gasteiger partial charge in [0.05, 0.1) is 5.69 Å². The minimum absolute atomic E-state index is 0.0439. The van der Waals surface area contributed by atoms with Crippen LogP contribution in [0.3, 0.4) is 0 Å². The van der Waals surface area contributed by atoms with Gasteiger partial charge in [-0.25, -0.2) is 4.79 Å². The lowest BCUT2D eigenvalue weighted by Gasteiger charge is -2.06. The first-order valence-electron chi connectivity index (χ1n) is 3.09. The minimum Gasteiger partial charge on any atom is -0.508 e. The van der Waals surface area contributed by atoms with E-state index in [0.717, 1.165) is 12.1 Å². The summed E-state index contributed by atoms with van der Waals surface area (Å²) in [5.41, 5.74) is -0.139. The predicted octanol–water partition coefficient (Wildman–Crippen LogP) is 1.76. The fourth-order valence-electron chi connectivity index (χ4n) is 0.694. The Labute approximate surface area is 67.4 Å². The number of anilines is 1. The molecule has 0 atom stereocenters. The van der Waals surface area contributed by atoms with Crippen molar-refractivity contribution in [1.82, 2.24) is 0 Å². The summed E-state index contributed by atoms with van der Waals surface area (Å²) in [6, 6.07) is 4.71. The summed E-state index contributed by atoms with van der Waals surface area (Å²) in [5, 5.41) is 16.6. The molecule has 0 aromatic heterocycles. The van der Waals surface area contributed by atoms with Gasteiger partial charge < -0.3 is 10.2 Å². The van der Waals surface area contributed by atoms with Crippen LogP contribution in [0.25, 0.3) is 0 Å². The van der Waals surface area contributed by atoms with Crippen molar-refractivity contribution >= 4 is 11.8 Å². The number of hydrogen-bond donors (Lipinski definition) is 2. The molecule has 64 valence electrons. The largest absolute Gasteiger partial charge is 0.508 e. The molecule has 0 fully saturated rings. The zero-order valence-corrected chi connectivity index (χ0v) is 5.94. The normalized spacial score (nSPS) is 9.42. The van der Waals surface area contributed by atoms with Gasteiger partial charge in [-0.2, -0.15) is 0 Å². The number of carboxylic acid groups (broad SMARTS) is 1. The molecule has 0 heterocycles. The molecule has 1 amide bonds. The van der Waals surface area contributed by atoms with Gasteiger partial charge in [0.25, 0.3) is 0 Å². The van der Waals surface area contributed by atoms with Crippen molar-refractivity contribution in [3.05, 3.63) is 24.3 Å². The number of hydrogen-bond acceptors (Lipinski definition) is 2. The highest BCUT2D eigenvalue weighted by Crippen LogP contribution is 2.18. The number of amides is 1. The SMILES string of the molecule is O=C(O)N(F)c1ccc(O)cc1. The second-order valence-corrected chi connectivity index (χ2v) is 2.08. The number of benzene rings is 1. The lowest BCUT2D eigenvalue weighted by Crippen LogP contribution is -2.18. The maximum absolute atomic E-state index is 12.5. The van der Waals surface area contributed by atoms with E-state index < -0.39 is 11.2 Å². The van der Waals surface area contributed by atoms with Crippen molar-refractivity contribution in [1.29, 1.82) is 0 Å². The Hall–Kier alpha value is -1.78. The number of nitrogens with zero attached hydrogens (tertiary/aromatic N) is 1. The van der Waals surface area contributed by atoms with Crippen LogP contribution in [0.2, 0.25) is 0 Å². The third kappa shape index (κ3) is 1.63. The number of phenolic OH excluding ortho intramolecular Hbond substituents is 1. The van der Waals surface area contributed by atoms with Crippen LogP contribution < -0.4 is 5.12 Å². The van der Waals surface area contributed by atoms with Crippen molar-refractivity contribution in [2.75, 3.05) is 5.12 Å². The van der Waals surface area contributed by atoms with Gasteiger partial charge in [-0.1, -0.05) is 4.48 Å². The highest BCUT2D eigenvalue weighted by molar-refractivity contribution is 5.83. The summed E-state index contributed by atoms with van der Waals surface area (Å²) in [5.74, 6) is -0.0439. The van der Waals surface area contributed by atoms with Crippen LogP contribution in [0, 0.1) is 0 Å². The average molecular weight is 171 g/mol. The van der Waals surface area contributed by atoms with Crippen LogP contribution >= 0.6 is 0 Å². The molecule has 2 N–H and O–H groups in total. The Kier molecular flexibility index (Phi) is 2.14.